The van der Waals surface area contributed by atoms with E-state index in [0.717, 1.165) is 13.1 Å². The summed E-state index contributed by atoms with van der Waals surface area (Å²) in [5.41, 5.74) is 1.28. The molecule has 1 heterocycles. The molecule has 1 aromatic heterocycles. The first-order valence-corrected chi connectivity index (χ1v) is 3.76. The van der Waals surface area contributed by atoms with E-state index >= 15 is 0 Å². The quantitative estimate of drug-likeness (QED) is 0.675. The number of H-pyrrole nitrogens is 1. The number of anilines is 1. The number of rotatable bonds is 3. The summed E-state index contributed by atoms with van der Waals surface area (Å²) in [6.45, 7) is 6.48. The molecule has 2 nitrogen and oxygen atoms in total. The molecule has 10 heavy (non-hydrogen) atoms. The van der Waals surface area contributed by atoms with Gasteiger partial charge in [0.15, 0.2) is 0 Å². The van der Waals surface area contributed by atoms with E-state index in [4.69, 9.17) is 0 Å². The highest BCUT2D eigenvalue weighted by Gasteiger charge is 1.98. The van der Waals surface area contributed by atoms with Crippen molar-refractivity contribution in [3.05, 3.63) is 18.5 Å². The molecule has 0 aliphatic heterocycles. The molecule has 0 bridgehead atoms. The van der Waals surface area contributed by atoms with Crippen molar-refractivity contribution in [3.63, 3.8) is 0 Å². The van der Waals surface area contributed by atoms with Gasteiger partial charge in [-0.1, -0.05) is 0 Å². The van der Waals surface area contributed by atoms with Gasteiger partial charge in [-0.2, -0.15) is 0 Å². The van der Waals surface area contributed by atoms with Crippen molar-refractivity contribution < 1.29 is 0 Å². The average molecular weight is 138 g/mol. The Morgan fingerprint density at radius 2 is 2.10 bits per heavy atom. The molecule has 0 atom stereocenters. The molecule has 0 aliphatic carbocycles. The molecule has 56 valence electrons. The Morgan fingerprint density at radius 3 is 2.50 bits per heavy atom. The Hall–Kier alpha value is -0.920. The highest BCUT2D eigenvalue weighted by Crippen LogP contribution is 2.10. The second-order valence-electron chi connectivity index (χ2n) is 2.24. The monoisotopic (exact) mass is 138 g/mol. The lowest BCUT2D eigenvalue weighted by Crippen LogP contribution is -2.20. The molecule has 0 fully saturated rings. The minimum atomic E-state index is 1.08. The van der Waals surface area contributed by atoms with Crippen molar-refractivity contribution in [2.45, 2.75) is 13.8 Å². The van der Waals surface area contributed by atoms with Crippen LogP contribution in [0.15, 0.2) is 18.5 Å². The van der Waals surface area contributed by atoms with Crippen LogP contribution in [0.2, 0.25) is 0 Å². The van der Waals surface area contributed by atoms with E-state index in [9.17, 15) is 0 Å². The lowest BCUT2D eigenvalue weighted by Gasteiger charge is -2.18. The van der Waals surface area contributed by atoms with Crippen molar-refractivity contribution in [1.82, 2.24) is 4.98 Å². The maximum atomic E-state index is 3.04. The van der Waals surface area contributed by atoms with Crippen LogP contribution in [0.1, 0.15) is 13.8 Å². The number of hydrogen-bond donors (Lipinski definition) is 1. The summed E-state index contributed by atoms with van der Waals surface area (Å²) >= 11 is 0. The normalized spacial score (nSPS) is 9.80. The van der Waals surface area contributed by atoms with Crippen LogP contribution < -0.4 is 4.90 Å². The molecule has 0 radical (unpaired) electrons. The first-order chi connectivity index (χ1) is 4.88. The van der Waals surface area contributed by atoms with Gasteiger partial charge in [0, 0.05) is 25.5 Å². The summed E-state index contributed by atoms with van der Waals surface area (Å²) in [4.78, 5) is 5.34. The summed E-state index contributed by atoms with van der Waals surface area (Å²) in [6, 6.07) is 2.09. The molecule has 0 amide bonds. The van der Waals surface area contributed by atoms with Crippen LogP contribution in [0.3, 0.4) is 0 Å². The van der Waals surface area contributed by atoms with Crippen LogP contribution in [0.4, 0.5) is 5.69 Å². The highest BCUT2D eigenvalue weighted by atomic mass is 15.1. The Balaban J connectivity index is 2.64. The van der Waals surface area contributed by atoms with E-state index in [1.165, 1.54) is 5.69 Å². The van der Waals surface area contributed by atoms with Gasteiger partial charge in [-0.15, -0.1) is 0 Å². The largest absolute Gasteiger partial charge is 0.371 e. The van der Waals surface area contributed by atoms with Gasteiger partial charge in [-0.3, -0.25) is 0 Å². The number of nitrogens with one attached hydrogen (secondary N) is 1. The first-order valence-electron chi connectivity index (χ1n) is 3.76. The van der Waals surface area contributed by atoms with Crippen molar-refractivity contribution in [1.29, 1.82) is 0 Å². The zero-order valence-electron chi connectivity index (χ0n) is 6.59. The summed E-state index contributed by atoms with van der Waals surface area (Å²) in [7, 11) is 0. The molecule has 1 N–H and O–H groups in total. The minimum Gasteiger partial charge on any atom is -0.371 e. The smallest absolute Gasteiger partial charge is 0.0543 e. The fourth-order valence-corrected chi connectivity index (χ4v) is 1.10. The molecule has 0 unspecified atom stereocenters. The number of aromatic amines is 1. The van der Waals surface area contributed by atoms with Crippen LogP contribution in [0, 0.1) is 0 Å². The molecule has 0 aromatic carbocycles. The molecule has 1 aromatic rings. The second-order valence-corrected chi connectivity index (χ2v) is 2.24. The summed E-state index contributed by atoms with van der Waals surface area (Å²) < 4.78 is 0. The Bertz CT molecular complexity index is 163. The Morgan fingerprint density at radius 1 is 1.40 bits per heavy atom. The van der Waals surface area contributed by atoms with Crippen LogP contribution in [-0.2, 0) is 0 Å². The second kappa shape index (κ2) is 3.30. The van der Waals surface area contributed by atoms with Gasteiger partial charge in [-0.05, 0) is 19.9 Å². The molecular weight excluding hydrogens is 124 g/mol. The minimum absolute atomic E-state index is 1.08. The topological polar surface area (TPSA) is 19.0 Å². The Kier molecular flexibility index (Phi) is 2.37. The van der Waals surface area contributed by atoms with Crippen LogP contribution in [-0.4, -0.2) is 18.1 Å². The molecule has 0 aliphatic rings. The number of aromatic nitrogens is 1. The molecule has 2 heteroatoms. The molecular formula is C8H14N2. The van der Waals surface area contributed by atoms with Crippen molar-refractivity contribution in [2.75, 3.05) is 18.0 Å². The fourth-order valence-electron chi connectivity index (χ4n) is 1.10. The standard InChI is InChI=1S/C8H14N2/c1-3-10(4-2)8-5-6-9-7-8/h5-7,9H,3-4H2,1-2H3. The first kappa shape index (κ1) is 7.19. The maximum absolute atomic E-state index is 3.04. The van der Waals surface area contributed by atoms with Gasteiger partial charge >= 0.3 is 0 Å². The van der Waals surface area contributed by atoms with E-state index in [1.807, 2.05) is 12.4 Å². The number of nitrogens with zero attached hydrogens (tertiary/aromatic N) is 1. The van der Waals surface area contributed by atoms with Gasteiger partial charge in [0.1, 0.15) is 0 Å². The molecule has 0 saturated heterocycles. The van der Waals surface area contributed by atoms with Crippen LogP contribution in [0.5, 0.6) is 0 Å². The van der Waals surface area contributed by atoms with Gasteiger partial charge in [0.05, 0.1) is 5.69 Å². The zero-order valence-corrected chi connectivity index (χ0v) is 6.59. The van der Waals surface area contributed by atoms with E-state index in [-0.39, 0.29) is 0 Å². The molecule has 0 spiro atoms. The van der Waals surface area contributed by atoms with Crippen LogP contribution >= 0.6 is 0 Å². The zero-order chi connectivity index (χ0) is 7.40. The van der Waals surface area contributed by atoms with Crippen LogP contribution in [0.25, 0.3) is 0 Å². The van der Waals surface area contributed by atoms with E-state index in [0.29, 0.717) is 0 Å². The lowest BCUT2D eigenvalue weighted by atomic mass is 10.4. The third-order valence-corrected chi connectivity index (χ3v) is 1.71. The van der Waals surface area contributed by atoms with Gasteiger partial charge < -0.3 is 9.88 Å². The van der Waals surface area contributed by atoms with Gasteiger partial charge in [0.2, 0.25) is 0 Å². The van der Waals surface area contributed by atoms with E-state index < -0.39 is 0 Å². The van der Waals surface area contributed by atoms with Gasteiger partial charge in [-0.25, -0.2) is 0 Å². The summed E-state index contributed by atoms with van der Waals surface area (Å²) in [5, 5.41) is 0. The lowest BCUT2D eigenvalue weighted by molar-refractivity contribution is 0.867. The van der Waals surface area contributed by atoms with E-state index in [2.05, 4.69) is 29.8 Å². The predicted molar refractivity (Wildman–Crippen MR) is 44.4 cm³/mol. The third kappa shape index (κ3) is 1.32. The van der Waals surface area contributed by atoms with E-state index in [1.54, 1.807) is 0 Å². The van der Waals surface area contributed by atoms with Gasteiger partial charge in [0.25, 0.3) is 0 Å². The van der Waals surface area contributed by atoms with Crippen molar-refractivity contribution >= 4 is 5.69 Å². The highest BCUT2D eigenvalue weighted by molar-refractivity contribution is 5.43. The fraction of sp³-hybridized carbons (Fsp3) is 0.500. The maximum Gasteiger partial charge on any atom is 0.0543 e. The molecule has 0 saturated carbocycles. The van der Waals surface area contributed by atoms with Crippen molar-refractivity contribution in [2.24, 2.45) is 0 Å². The number of hydrogen-bond acceptors (Lipinski definition) is 1. The predicted octanol–water partition coefficient (Wildman–Crippen LogP) is 1.86. The molecule has 1 rings (SSSR count). The summed E-state index contributed by atoms with van der Waals surface area (Å²) in [5.74, 6) is 0. The SMILES string of the molecule is CCN(CC)c1cc[nH]c1. The van der Waals surface area contributed by atoms with Crippen molar-refractivity contribution in [3.8, 4) is 0 Å². The third-order valence-electron chi connectivity index (χ3n) is 1.71. The average Bonchev–Trinajstić information content (AvgIpc) is 2.43. The summed E-state index contributed by atoms with van der Waals surface area (Å²) in [6.07, 6.45) is 3.97. The Labute approximate surface area is 61.9 Å².